The summed E-state index contributed by atoms with van der Waals surface area (Å²) in [6.45, 7) is 8.75. The third-order valence-corrected chi connectivity index (χ3v) is 13.1. The molecule has 0 fully saturated rings. The molecule has 1 aromatic heterocycles. The summed E-state index contributed by atoms with van der Waals surface area (Å²) in [7, 11) is 0. The van der Waals surface area contributed by atoms with Gasteiger partial charge in [0.15, 0.2) is 0 Å². The predicted octanol–water partition coefficient (Wildman–Crippen LogP) is 13.5. The molecule has 5 atom stereocenters. The highest BCUT2D eigenvalue weighted by Crippen LogP contribution is 2.48. The van der Waals surface area contributed by atoms with Gasteiger partial charge in [-0.1, -0.05) is 81.5 Å². The van der Waals surface area contributed by atoms with Gasteiger partial charge in [-0.15, -0.1) is 0 Å². The lowest BCUT2D eigenvalue weighted by atomic mass is 9.68. The average molecular weight is 821 g/mol. The molecule has 1 aliphatic heterocycles. The Morgan fingerprint density at radius 3 is 1.98 bits per heavy atom. The fraction of sp³-hybridized carbons (Fsp3) is 0.271. The molecule has 4 aliphatic rings. The van der Waals surface area contributed by atoms with E-state index in [2.05, 4.69) is 96.5 Å². The van der Waals surface area contributed by atoms with Crippen LogP contribution in [0, 0.1) is 17.8 Å². The third-order valence-electron chi connectivity index (χ3n) is 12.3. The van der Waals surface area contributed by atoms with Crippen molar-refractivity contribution < 1.29 is 26.3 Å². The van der Waals surface area contributed by atoms with Crippen LogP contribution in [0.15, 0.2) is 137 Å². The Balaban J connectivity index is 1.10. The van der Waals surface area contributed by atoms with Crippen molar-refractivity contribution in [3.63, 3.8) is 0 Å². The molecule has 9 rings (SSSR count). The fourth-order valence-corrected chi connectivity index (χ4v) is 10.3. The number of halogens is 6. The maximum atomic E-state index is 13.8. The number of fused-ring (bicyclic) bond motifs is 4. The Kier molecular flexibility index (Phi) is 9.62. The van der Waals surface area contributed by atoms with Crippen LogP contribution in [0.5, 0.6) is 0 Å². The number of anilines is 2. The van der Waals surface area contributed by atoms with E-state index in [1.807, 2.05) is 24.3 Å². The van der Waals surface area contributed by atoms with Gasteiger partial charge >= 0.3 is 12.4 Å². The van der Waals surface area contributed by atoms with E-state index in [4.69, 9.17) is 4.40 Å². The molecule has 3 aliphatic carbocycles. The van der Waals surface area contributed by atoms with Crippen molar-refractivity contribution in [3.05, 3.63) is 155 Å². The van der Waals surface area contributed by atoms with Gasteiger partial charge in [-0.25, -0.2) is 9.12 Å². The average Bonchev–Trinajstić information content (AvgIpc) is 3.76. The number of allylic oxidation sites excluding steroid dienone is 5. The minimum Gasteiger partial charge on any atom is -0.335 e. The fourth-order valence-electron chi connectivity index (χ4n) is 9.50. The van der Waals surface area contributed by atoms with Crippen LogP contribution in [0.2, 0.25) is 0 Å². The van der Waals surface area contributed by atoms with Gasteiger partial charge in [0.25, 0.3) is 0 Å². The van der Waals surface area contributed by atoms with Crippen molar-refractivity contribution in [1.29, 1.82) is 0 Å². The molecular formula is C48H42F6N4S. The van der Waals surface area contributed by atoms with E-state index in [1.165, 1.54) is 69.8 Å². The maximum absolute atomic E-state index is 13.8. The molecule has 0 spiro atoms. The summed E-state index contributed by atoms with van der Waals surface area (Å²) in [4.78, 5) is 2.06. The monoisotopic (exact) mass is 820 g/mol. The van der Waals surface area contributed by atoms with E-state index in [0.29, 0.717) is 22.7 Å². The summed E-state index contributed by atoms with van der Waals surface area (Å²) >= 11 is 1.27. The number of hydrogen-bond donors (Lipinski definition) is 1. The molecule has 0 saturated heterocycles. The molecule has 302 valence electrons. The van der Waals surface area contributed by atoms with Crippen LogP contribution in [0.25, 0.3) is 33.8 Å². The quantitative estimate of drug-likeness (QED) is 0.137. The SMILES string of the molecule is CC1C=Cc2c(c3ccccc3n2C2=CC=C(C3=CC(C)C(N(c4ccc(-c5ccc(C(F)(F)F)cc5)cc4)c4ccc(C(F)(F)F)cc4)C4(C)NSN=C34)C(C)C2)C1. The maximum Gasteiger partial charge on any atom is 0.416 e. The van der Waals surface area contributed by atoms with Crippen LogP contribution in [-0.2, 0) is 18.8 Å². The van der Waals surface area contributed by atoms with E-state index < -0.39 is 29.0 Å². The van der Waals surface area contributed by atoms with E-state index in [-0.39, 0.29) is 17.9 Å². The number of alkyl halides is 6. The number of rotatable bonds is 6. The molecule has 4 aromatic carbocycles. The molecule has 1 N–H and O–H groups in total. The summed E-state index contributed by atoms with van der Waals surface area (Å²) in [6, 6.07) is 25.9. The van der Waals surface area contributed by atoms with Crippen molar-refractivity contribution >= 4 is 51.9 Å². The standard InChI is InChI=1S/C48H42F6N4S/c1-28-9-24-43-40(25-28)39-7-5-6-8-42(39)58(43)37-22-23-38(29(2)26-37)41-27-30(3)45(46(4)44(41)55-59-56-46)57(36-20-16-34(17-21-36)48(52,53)54)35-18-12-32(13-19-35)31-10-14-33(15-11-31)47(49,50)51/h5-24,27-30,45,56H,25-26H2,1-4H3. The smallest absolute Gasteiger partial charge is 0.335 e. The zero-order valence-corrected chi connectivity index (χ0v) is 33.7. The molecule has 0 saturated carbocycles. The second kappa shape index (κ2) is 14.5. The van der Waals surface area contributed by atoms with Crippen LogP contribution in [0.4, 0.5) is 37.7 Å². The first-order valence-electron chi connectivity index (χ1n) is 19.8. The summed E-state index contributed by atoms with van der Waals surface area (Å²) < 4.78 is 92.2. The molecule has 59 heavy (non-hydrogen) atoms. The molecule has 0 amide bonds. The third kappa shape index (κ3) is 6.85. The summed E-state index contributed by atoms with van der Waals surface area (Å²) in [5.41, 5.74) is 8.60. The molecule has 11 heteroatoms. The van der Waals surface area contributed by atoms with Crippen LogP contribution in [0.3, 0.4) is 0 Å². The van der Waals surface area contributed by atoms with Gasteiger partial charge in [0.2, 0.25) is 0 Å². The van der Waals surface area contributed by atoms with E-state index in [1.54, 1.807) is 0 Å². The highest BCUT2D eigenvalue weighted by molar-refractivity contribution is 7.96. The minimum atomic E-state index is -4.50. The first-order valence-corrected chi connectivity index (χ1v) is 20.6. The number of nitrogens with one attached hydrogen (secondary N) is 1. The lowest BCUT2D eigenvalue weighted by Gasteiger charge is -2.49. The van der Waals surface area contributed by atoms with E-state index in [9.17, 15) is 26.3 Å². The molecule has 5 aromatic rings. The van der Waals surface area contributed by atoms with Crippen LogP contribution in [-0.4, -0.2) is 21.9 Å². The second-order valence-corrected chi connectivity index (χ2v) is 17.0. The summed E-state index contributed by atoms with van der Waals surface area (Å²) in [5, 5.41) is 1.29. The van der Waals surface area contributed by atoms with Crippen LogP contribution in [0.1, 0.15) is 56.5 Å². The minimum absolute atomic E-state index is 0.122. The molecule has 4 nitrogen and oxygen atoms in total. The predicted molar refractivity (Wildman–Crippen MR) is 228 cm³/mol. The zero-order chi connectivity index (χ0) is 41.4. The summed E-state index contributed by atoms with van der Waals surface area (Å²) in [5.74, 6) is 0.518. The Bertz CT molecular complexity index is 2590. The Morgan fingerprint density at radius 2 is 1.36 bits per heavy atom. The number of benzene rings is 4. The van der Waals surface area contributed by atoms with Gasteiger partial charge in [0.1, 0.15) is 0 Å². The van der Waals surface area contributed by atoms with Crippen molar-refractivity contribution in [2.24, 2.45) is 22.2 Å². The largest absolute Gasteiger partial charge is 0.416 e. The molecular weight excluding hydrogens is 779 g/mol. The number of hydrogen-bond acceptors (Lipinski definition) is 4. The molecule has 2 heterocycles. The lowest BCUT2D eigenvalue weighted by molar-refractivity contribution is -0.138. The highest BCUT2D eigenvalue weighted by atomic mass is 32.2. The Labute approximate surface area is 344 Å². The van der Waals surface area contributed by atoms with Crippen molar-refractivity contribution in [3.8, 4) is 11.1 Å². The van der Waals surface area contributed by atoms with E-state index >= 15 is 0 Å². The molecule has 5 unspecified atom stereocenters. The topological polar surface area (TPSA) is 32.6 Å². The van der Waals surface area contributed by atoms with Gasteiger partial charge in [-0.2, -0.15) is 26.3 Å². The number of aromatic nitrogens is 1. The van der Waals surface area contributed by atoms with Crippen LogP contribution >= 0.6 is 12.1 Å². The second-order valence-electron chi connectivity index (χ2n) is 16.4. The lowest BCUT2D eigenvalue weighted by Crippen LogP contribution is -2.63. The van der Waals surface area contributed by atoms with E-state index in [0.717, 1.165) is 54.1 Å². The Morgan fingerprint density at radius 1 is 0.763 bits per heavy atom. The number of para-hydroxylation sites is 1. The van der Waals surface area contributed by atoms with Crippen molar-refractivity contribution in [1.82, 2.24) is 9.29 Å². The van der Waals surface area contributed by atoms with Gasteiger partial charge in [-0.3, -0.25) is 0 Å². The van der Waals surface area contributed by atoms with Gasteiger partial charge in [0.05, 0.1) is 46.1 Å². The van der Waals surface area contributed by atoms with Gasteiger partial charge in [-0.05, 0) is 132 Å². The number of nitrogens with zero attached hydrogens (tertiary/aromatic N) is 3. The van der Waals surface area contributed by atoms with Crippen LogP contribution < -0.4 is 9.62 Å². The first-order chi connectivity index (χ1) is 28.1. The van der Waals surface area contributed by atoms with Crippen molar-refractivity contribution in [2.75, 3.05) is 4.90 Å². The highest BCUT2D eigenvalue weighted by Gasteiger charge is 2.52. The molecule has 0 bridgehead atoms. The summed E-state index contributed by atoms with van der Waals surface area (Å²) in [6.07, 6.45) is 4.18. The Hall–Kier alpha value is -5.26. The zero-order valence-electron chi connectivity index (χ0n) is 32.9. The van der Waals surface area contributed by atoms with Gasteiger partial charge < -0.3 is 9.47 Å². The van der Waals surface area contributed by atoms with Gasteiger partial charge in [0, 0.05) is 28.2 Å². The van der Waals surface area contributed by atoms with Crippen molar-refractivity contribution in [2.45, 2.75) is 64.5 Å². The molecule has 0 radical (unpaired) electrons. The normalized spacial score (nSPS) is 24.2. The first kappa shape index (κ1) is 39.2.